The maximum atomic E-state index is 5.43. The van der Waals surface area contributed by atoms with Gasteiger partial charge >= 0.3 is 0 Å². The Labute approximate surface area is 329 Å². The van der Waals surface area contributed by atoms with E-state index in [4.69, 9.17) is 9.97 Å². The molecule has 0 aliphatic carbocycles. The standard InChI is InChI=1S/C52H46N4/c1-51(2,3)36-25-27-44(41(30-36)46-32-49-43(33-53-46)40-23-15-16-24-48(40)56(49)38-20-11-8-12-21-38)54-45-28-26-37(52(4,5)6)31-42(45)47-29-35-19-13-14-22-39(35)50(55-47)34-17-9-7-10-18-34/h7-33,54H,1-6H3. The van der Waals surface area contributed by atoms with Crippen LogP contribution in [0.2, 0.25) is 0 Å². The van der Waals surface area contributed by atoms with E-state index >= 15 is 0 Å². The topological polar surface area (TPSA) is 42.7 Å². The number of anilines is 2. The third-order valence-corrected chi connectivity index (χ3v) is 11.0. The summed E-state index contributed by atoms with van der Waals surface area (Å²) in [5.41, 5.74) is 13.8. The molecule has 56 heavy (non-hydrogen) atoms. The number of fused-ring (bicyclic) bond motifs is 4. The number of nitrogens with zero attached hydrogens (tertiary/aromatic N) is 3. The van der Waals surface area contributed by atoms with Gasteiger partial charge in [0.25, 0.3) is 0 Å². The van der Waals surface area contributed by atoms with E-state index in [1.807, 2.05) is 6.20 Å². The van der Waals surface area contributed by atoms with E-state index in [2.05, 4.69) is 209 Å². The Morgan fingerprint density at radius 3 is 1.71 bits per heavy atom. The van der Waals surface area contributed by atoms with E-state index in [1.54, 1.807) is 0 Å². The van der Waals surface area contributed by atoms with Crippen LogP contribution in [-0.2, 0) is 10.8 Å². The first-order valence-electron chi connectivity index (χ1n) is 19.5. The Balaban J connectivity index is 1.25. The first kappa shape index (κ1) is 35.2. The maximum Gasteiger partial charge on any atom is 0.0787 e. The predicted octanol–water partition coefficient (Wildman–Crippen LogP) is 14.1. The second-order valence-corrected chi connectivity index (χ2v) is 16.9. The van der Waals surface area contributed by atoms with Gasteiger partial charge < -0.3 is 9.88 Å². The molecule has 0 radical (unpaired) electrons. The van der Waals surface area contributed by atoms with E-state index < -0.39 is 0 Å². The van der Waals surface area contributed by atoms with E-state index in [0.717, 1.165) is 78.0 Å². The minimum atomic E-state index is -0.0569. The molecule has 0 spiro atoms. The molecular weight excluding hydrogens is 681 g/mol. The first-order chi connectivity index (χ1) is 27.0. The summed E-state index contributed by atoms with van der Waals surface area (Å²) < 4.78 is 2.36. The maximum absolute atomic E-state index is 5.43. The highest BCUT2D eigenvalue weighted by Gasteiger charge is 2.22. The lowest BCUT2D eigenvalue weighted by Gasteiger charge is -2.24. The second-order valence-electron chi connectivity index (χ2n) is 16.9. The van der Waals surface area contributed by atoms with Crippen molar-refractivity contribution in [3.63, 3.8) is 0 Å². The lowest BCUT2D eigenvalue weighted by Crippen LogP contribution is -2.12. The van der Waals surface area contributed by atoms with Gasteiger partial charge in [0, 0.05) is 56.1 Å². The lowest BCUT2D eigenvalue weighted by atomic mass is 9.84. The fourth-order valence-corrected chi connectivity index (χ4v) is 7.83. The SMILES string of the molecule is CC(C)(C)c1ccc(Nc2ccc(C(C)(C)C)cc2-c2cc3ccccc3c(-c3ccccc3)n2)c(-c2cc3c(cn2)c2ccccc2n3-c2ccccc2)c1. The van der Waals surface area contributed by atoms with Crippen molar-refractivity contribution in [2.24, 2.45) is 0 Å². The Morgan fingerprint density at radius 1 is 0.482 bits per heavy atom. The Hall–Kier alpha value is -6.52. The lowest BCUT2D eigenvalue weighted by molar-refractivity contribution is 0.590. The molecule has 274 valence electrons. The first-order valence-corrected chi connectivity index (χ1v) is 19.5. The Kier molecular flexibility index (Phi) is 8.58. The number of hydrogen-bond acceptors (Lipinski definition) is 3. The van der Waals surface area contributed by atoms with Crippen LogP contribution in [0.5, 0.6) is 0 Å². The molecule has 9 aromatic rings. The van der Waals surface area contributed by atoms with Crippen LogP contribution in [0.25, 0.3) is 72.0 Å². The summed E-state index contributed by atoms with van der Waals surface area (Å²) in [5.74, 6) is 0. The molecule has 9 rings (SSSR count). The summed E-state index contributed by atoms with van der Waals surface area (Å²) in [7, 11) is 0. The summed E-state index contributed by atoms with van der Waals surface area (Å²) >= 11 is 0. The smallest absolute Gasteiger partial charge is 0.0787 e. The molecule has 6 aromatic carbocycles. The zero-order valence-electron chi connectivity index (χ0n) is 32.9. The molecule has 0 saturated carbocycles. The third kappa shape index (κ3) is 6.41. The van der Waals surface area contributed by atoms with Gasteiger partial charge in [-0.3, -0.25) is 4.98 Å². The van der Waals surface area contributed by atoms with Gasteiger partial charge in [0.2, 0.25) is 0 Å². The molecule has 1 N–H and O–H groups in total. The number of pyridine rings is 2. The van der Waals surface area contributed by atoms with Crippen LogP contribution in [0.3, 0.4) is 0 Å². The summed E-state index contributed by atoms with van der Waals surface area (Å²) in [5, 5.41) is 8.55. The third-order valence-electron chi connectivity index (χ3n) is 11.0. The molecule has 0 atom stereocenters. The molecule has 4 heteroatoms. The van der Waals surface area contributed by atoms with Gasteiger partial charge in [-0.05, 0) is 81.9 Å². The van der Waals surface area contributed by atoms with Crippen molar-refractivity contribution in [3.8, 4) is 39.5 Å². The van der Waals surface area contributed by atoms with Gasteiger partial charge in [-0.25, -0.2) is 4.98 Å². The van der Waals surface area contributed by atoms with Crippen LogP contribution in [0.15, 0.2) is 164 Å². The second kappa shape index (κ2) is 13.6. The molecule has 0 aliphatic heterocycles. The van der Waals surface area contributed by atoms with E-state index in [1.165, 1.54) is 16.5 Å². The van der Waals surface area contributed by atoms with Gasteiger partial charge in [0.15, 0.2) is 0 Å². The Bertz CT molecular complexity index is 2890. The van der Waals surface area contributed by atoms with Crippen molar-refractivity contribution < 1.29 is 0 Å². The molecule has 0 amide bonds. The fraction of sp³-hybridized carbons (Fsp3) is 0.154. The van der Waals surface area contributed by atoms with Crippen molar-refractivity contribution in [1.82, 2.24) is 14.5 Å². The number of para-hydroxylation sites is 2. The molecular formula is C52H46N4. The predicted molar refractivity (Wildman–Crippen MR) is 237 cm³/mol. The van der Waals surface area contributed by atoms with Gasteiger partial charge in [-0.1, -0.05) is 145 Å². The van der Waals surface area contributed by atoms with Gasteiger partial charge in [-0.2, -0.15) is 0 Å². The summed E-state index contributed by atoms with van der Waals surface area (Å²) in [6.45, 7) is 13.6. The minimum Gasteiger partial charge on any atom is -0.354 e. The van der Waals surface area contributed by atoms with Gasteiger partial charge in [0.1, 0.15) is 0 Å². The quantitative estimate of drug-likeness (QED) is 0.185. The molecule has 0 saturated heterocycles. The Morgan fingerprint density at radius 2 is 1.05 bits per heavy atom. The summed E-state index contributed by atoms with van der Waals surface area (Å²) in [4.78, 5) is 10.6. The number of aromatic nitrogens is 3. The number of nitrogens with one attached hydrogen (secondary N) is 1. The normalized spacial score (nSPS) is 12.1. The molecule has 0 unspecified atom stereocenters. The van der Waals surface area contributed by atoms with Crippen LogP contribution in [0.4, 0.5) is 11.4 Å². The van der Waals surface area contributed by atoms with Crippen LogP contribution < -0.4 is 5.32 Å². The average Bonchev–Trinajstić information content (AvgIpc) is 3.54. The van der Waals surface area contributed by atoms with Crippen molar-refractivity contribution in [3.05, 3.63) is 175 Å². The summed E-state index contributed by atoms with van der Waals surface area (Å²) in [6, 6.07) is 56.4. The van der Waals surface area contributed by atoms with Crippen LogP contribution >= 0.6 is 0 Å². The fourth-order valence-electron chi connectivity index (χ4n) is 7.83. The molecule has 0 aliphatic rings. The number of rotatable bonds is 6. The minimum absolute atomic E-state index is 0.0531. The van der Waals surface area contributed by atoms with Crippen LogP contribution in [0.1, 0.15) is 52.7 Å². The molecule has 0 bridgehead atoms. The highest BCUT2D eigenvalue weighted by atomic mass is 15.0. The monoisotopic (exact) mass is 726 g/mol. The van der Waals surface area contributed by atoms with E-state index in [9.17, 15) is 0 Å². The van der Waals surface area contributed by atoms with Crippen molar-refractivity contribution in [2.75, 3.05) is 5.32 Å². The van der Waals surface area contributed by atoms with Crippen molar-refractivity contribution >= 4 is 44.0 Å². The average molecular weight is 727 g/mol. The number of benzene rings is 6. The molecule has 3 aromatic heterocycles. The van der Waals surface area contributed by atoms with Crippen molar-refractivity contribution in [2.45, 2.75) is 52.4 Å². The van der Waals surface area contributed by atoms with E-state index in [0.29, 0.717) is 0 Å². The highest BCUT2D eigenvalue weighted by molar-refractivity contribution is 6.10. The summed E-state index contributed by atoms with van der Waals surface area (Å²) in [6.07, 6.45) is 2.05. The van der Waals surface area contributed by atoms with Crippen LogP contribution in [0, 0.1) is 0 Å². The van der Waals surface area contributed by atoms with Crippen LogP contribution in [-0.4, -0.2) is 14.5 Å². The van der Waals surface area contributed by atoms with Crippen molar-refractivity contribution in [1.29, 1.82) is 0 Å². The molecule has 4 nitrogen and oxygen atoms in total. The van der Waals surface area contributed by atoms with Gasteiger partial charge in [-0.15, -0.1) is 0 Å². The molecule has 0 fully saturated rings. The van der Waals surface area contributed by atoms with E-state index in [-0.39, 0.29) is 10.8 Å². The zero-order valence-corrected chi connectivity index (χ0v) is 32.9. The molecule has 3 heterocycles. The zero-order chi connectivity index (χ0) is 38.6. The number of hydrogen-bond donors (Lipinski definition) is 1. The highest BCUT2D eigenvalue weighted by Crippen LogP contribution is 2.42. The largest absolute Gasteiger partial charge is 0.354 e. The van der Waals surface area contributed by atoms with Gasteiger partial charge in [0.05, 0.1) is 28.1 Å².